The van der Waals surface area contributed by atoms with E-state index in [-0.39, 0.29) is 0 Å². The monoisotopic (exact) mass is 522 g/mol. The van der Waals surface area contributed by atoms with Gasteiger partial charge in [-0.1, -0.05) is 35.5 Å². The van der Waals surface area contributed by atoms with Crippen LogP contribution in [0.1, 0.15) is 12.8 Å². The van der Waals surface area contributed by atoms with Gasteiger partial charge in [0, 0.05) is 66.8 Å². The largest absolute Gasteiger partial charge is 0.494 e. The van der Waals surface area contributed by atoms with Crippen molar-refractivity contribution in [3.05, 3.63) is 71.8 Å². The van der Waals surface area contributed by atoms with Gasteiger partial charge < -0.3 is 24.8 Å². The first-order chi connectivity index (χ1) is 17.7. The summed E-state index contributed by atoms with van der Waals surface area (Å²) in [6.07, 6.45) is 2.19. The molecule has 7 heteroatoms. The molecular weight excluding hydrogens is 488 g/mol. The Morgan fingerprint density at radius 1 is 0.806 bits per heavy atom. The standard InChI is InChI=1S/C29H35ClN4OS/c1-31-24-9-11-25(12-10-24)35-21-5-15-33-19-17-32(18-20-33)14-4-16-34-26-6-2-3-7-28(26)36-29-13-8-23(30)22-27(29)34/h2-3,6-13,22,31H,4-5,14-21H2,1H3. The highest BCUT2D eigenvalue weighted by Gasteiger charge is 2.24. The Balaban J connectivity index is 1.04. The Morgan fingerprint density at radius 3 is 2.25 bits per heavy atom. The van der Waals surface area contributed by atoms with Crippen LogP contribution < -0.4 is 15.0 Å². The fourth-order valence-corrected chi connectivity index (χ4v) is 6.17. The Kier molecular flexibility index (Phi) is 8.59. The number of halogens is 1. The number of hydrogen-bond donors (Lipinski definition) is 1. The van der Waals surface area contributed by atoms with Crippen molar-refractivity contribution in [1.82, 2.24) is 9.80 Å². The molecule has 0 atom stereocenters. The maximum Gasteiger partial charge on any atom is 0.119 e. The van der Waals surface area contributed by atoms with Crippen LogP contribution in [0.15, 0.2) is 76.5 Å². The Labute approximate surface area is 224 Å². The number of ether oxygens (including phenoxy) is 1. The lowest BCUT2D eigenvalue weighted by molar-refractivity contribution is 0.126. The highest BCUT2D eigenvalue weighted by Crippen LogP contribution is 2.48. The minimum atomic E-state index is 0.764. The van der Waals surface area contributed by atoms with Gasteiger partial charge in [-0.05, 0) is 74.0 Å². The third-order valence-electron chi connectivity index (χ3n) is 6.94. The lowest BCUT2D eigenvalue weighted by Gasteiger charge is -2.36. The molecule has 2 heterocycles. The molecule has 0 spiro atoms. The van der Waals surface area contributed by atoms with Gasteiger partial charge in [0.15, 0.2) is 0 Å². The number of anilines is 3. The van der Waals surface area contributed by atoms with Crippen molar-refractivity contribution in [3.63, 3.8) is 0 Å². The van der Waals surface area contributed by atoms with Crippen LogP contribution in [0.3, 0.4) is 0 Å². The van der Waals surface area contributed by atoms with Crippen molar-refractivity contribution < 1.29 is 4.74 Å². The number of hydrogen-bond acceptors (Lipinski definition) is 6. The van der Waals surface area contributed by atoms with Gasteiger partial charge >= 0.3 is 0 Å². The van der Waals surface area contributed by atoms with E-state index in [4.69, 9.17) is 16.3 Å². The van der Waals surface area contributed by atoms with Crippen LogP contribution in [-0.2, 0) is 0 Å². The van der Waals surface area contributed by atoms with E-state index in [9.17, 15) is 0 Å². The highest BCUT2D eigenvalue weighted by molar-refractivity contribution is 7.99. The first-order valence-corrected chi connectivity index (χ1v) is 14.1. The molecule has 5 rings (SSSR count). The summed E-state index contributed by atoms with van der Waals surface area (Å²) in [6.45, 7) is 8.54. The van der Waals surface area contributed by atoms with Crippen molar-refractivity contribution in [3.8, 4) is 5.75 Å². The predicted molar refractivity (Wildman–Crippen MR) is 153 cm³/mol. The minimum absolute atomic E-state index is 0.764. The van der Waals surface area contributed by atoms with E-state index in [1.807, 2.05) is 49.1 Å². The van der Waals surface area contributed by atoms with Crippen LogP contribution in [0, 0.1) is 0 Å². The van der Waals surface area contributed by atoms with E-state index >= 15 is 0 Å². The normalized spacial score (nSPS) is 15.9. The summed E-state index contributed by atoms with van der Waals surface area (Å²) in [7, 11) is 1.93. The summed E-state index contributed by atoms with van der Waals surface area (Å²) in [4.78, 5) is 10.2. The average Bonchev–Trinajstić information content (AvgIpc) is 2.92. The van der Waals surface area contributed by atoms with Crippen LogP contribution in [0.2, 0.25) is 5.02 Å². The van der Waals surface area contributed by atoms with E-state index in [1.165, 1.54) is 21.2 Å². The fourth-order valence-electron chi connectivity index (χ4n) is 4.93. The molecule has 1 fully saturated rings. The van der Waals surface area contributed by atoms with Crippen LogP contribution in [0.4, 0.5) is 17.1 Å². The summed E-state index contributed by atoms with van der Waals surface area (Å²) in [5.41, 5.74) is 3.63. The van der Waals surface area contributed by atoms with Crippen molar-refractivity contribution in [2.24, 2.45) is 0 Å². The van der Waals surface area contributed by atoms with Gasteiger partial charge in [0.2, 0.25) is 0 Å². The SMILES string of the molecule is CNc1ccc(OCCCN2CCN(CCCN3c4ccccc4Sc4ccc(Cl)cc43)CC2)cc1. The Bertz CT molecular complexity index is 1130. The van der Waals surface area contributed by atoms with E-state index in [2.05, 4.69) is 56.4 Å². The second-order valence-corrected chi connectivity index (χ2v) is 10.9. The predicted octanol–water partition coefficient (Wildman–Crippen LogP) is 6.46. The summed E-state index contributed by atoms with van der Waals surface area (Å²) < 4.78 is 5.91. The molecule has 0 saturated carbocycles. The Morgan fingerprint density at radius 2 is 1.50 bits per heavy atom. The minimum Gasteiger partial charge on any atom is -0.494 e. The number of fused-ring (bicyclic) bond motifs is 2. The number of nitrogens with zero attached hydrogens (tertiary/aromatic N) is 3. The van der Waals surface area contributed by atoms with E-state index < -0.39 is 0 Å². The van der Waals surface area contributed by atoms with Gasteiger partial charge in [0.05, 0.1) is 18.0 Å². The van der Waals surface area contributed by atoms with Crippen molar-refractivity contribution in [2.75, 3.05) is 69.7 Å². The maximum atomic E-state index is 6.37. The van der Waals surface area contributed by atoms with Crippen LogP contribution in [-0.4, -0.2) is 69.3 Å². The molecule has 1 saturated heterocycles. The third kappa shape index (κ3) is 6.30. The van der Waals surface area contributed by atoms with Gasteiger partial charge in [-0.25, -0.2) is 0 Å². The van der Waals surface area contributed by atoms with Crippen LogP contribution in [0.25, 0.3) is 0 Å². The van der Waals surface area contributed by atoms with E-state index in [0.717, 1.165) is 81.7 Å². The topological polar surface area (TPSA) is 31.0 Å². The molecule has 0 aromatic heterocycles. The zero-order valence-corrected chi connectivity index (χ0v) is 22.5. The van der Waals surface area contributed by atoms with Crippen molar-refractivity contribution in [2.45, 2.75) is 22.6 Å². The molecule has 3 aromatic carbocycles. The molecule has 3 aromatic rings. The van der Waals surface area contributed by atoms with Gasteiger partial charge in [0.1, 0.15) is 5.75 Å². The number of piperazine rings is 1. The number of para-hydroxylation sites is 1. The van der Waals surface area contributed by atoms with E-state index in [1.54, 1.807) is 0 Å². The lowest BCUT2D eigenvalue weighted by Crippen LogP contribution is -2.47. The molecule has 5 nitrogen and oxygen atoms in total. The lowest BCUT2D eigenvalue weighted by atomic mass is 10.2. The molecule has 0 amide bonds. The fraction of sp³-hybridized carbons (Fsp3) is 0.379. The van der Waals surface area contributed by atoms with Crippen LogP contribution in [0.5, 0.6) is 5.75 Å². The maximum absolute atomic E-state index is 6.37. The third-order valence-corrected chi connectivity index (χ3v) is 8.30. The molecule has 0 bridgehead atoms. The smallest absolute Gasteiger partial charge is 0.119 e. The zero-order chi connectivity index (χ0) is 24.7. The van der Waals surface area contributed by atoms with Crippen molar-refractivity contribution >= 4 is 40.4 Å². The summed E-state index contributed by atoms with van der Waals surface area (Å²) in [6, 6.07) is 23.1. The van der Waals surface area contributed by atoms with Crippen molar-refractivity contribution in [1.29, 1.82) is 0 Å². The molecule has 190 valence electrons. The van der Waals surface area contributed by atoms with E-state index in [0.29, 0.717) is 0 Å². The quantitative estimate of drug-likeness (QED) is 0.307. The van der Waals surface area contributed by atoms with Gasteiger partial charge in [-0.2, -0.15) is 0 Å². The average molecular weight is 523 g/mol. The van der Waals surface area contributed by atoms with Gasteiger partial charge in [-0.3, -0.25) is 0 Å². The second kappa shape index (κ2) is 12.2. The van der Waals surface area contributed by atoms with Gasteiger partial charge in [-0.15, -0.1) is 0 Å². The first-order valence-electron chi connectivity index (χ1n) is 12.9. The molecule has 0 unspecified atom stereocenters. The molecule has 2 aliphatic rings. The molecule has 2 aliphatic heterocycles. The molecule has 36 heavy (non-hydrogen) atoms. The Hall–Kier alpha value is -2.38. The number of nitrogens with one attached hydrogen (secondary N) is 1. The molecular formula is C29H35ClN4OS. The summed E-state index contributed by atoms with van der Waals surface area (Å²) in [5.74, 6) is 0.943. The number of rotatable bonds is 10. The number of benzene rings is 3. The van der Waals surface area contributed by atoms with Gasteiger partial charge in [0.25, 0.3) is 0 Å². The van der Waals surface area contributed by atoms with Crippen LogP contribution >= 0.6 is 23.4 Å². The molecule has 0 radical (unpaired) electrons. The molecule has 0 aliphatic carbocycles. The molecule has 1 N–H and O–H groups in total. The second-order valence-electron chi connectivity index (χ2n) is 9.35. The summed E-state index contributed by atoms with van der Waals surface area (Å²) >= 11 is 8.20. The highest BCUT2D eigenvalue weighted by atomic mass is 35.5. The summed E-state index contributed by atoms with van der Waals surface area (Å²) in [5, 5.41) is 3.93. The zero-order valence-electron chi connectivity index (χ0n) is 21.0. The first kappa shape index (κ1) is 25.3.